The normalized spacial score (nSPS) is 12.0. The van der Waals surface area contributed by atoms with Crippen molar-refractivity contribution < 1.29 is 22.7 Å². The summed E-state index contributed by atoms with van der Waals surface area (Å²) in [5.74, 6) is -1.20. The monoisotopic (exact) mass is 466 g/mol. The van der Waals surface area contributed by atoms with Gasteiger partial charge in [0.05, 0.1) is 16.1 Å². The molecule has 172 valence electrons. The minimum Gasteiger partial charge on any atom is -0.449 e. The number of benzene rings is 3. The maximum atomic E-state index is 12.7. The average Bonchev–Trinajstić information content (AvgIpc) is 2.78. The number of amides is 1. The molecule has 0 radical (unpaired) electrons. The molecule has 0 bridgehead atoms. The first-order chi connectivity index (χ1) is 15.6. The van der Waals surface area contributed by atoms with Crippen LogP contribution in [0, 0.1) is 20.8 Å². The van der Waals surface area contributed by atoms with Crippen molar-refractivity contribution in [3.05, 3.63) is 89.0 Å². The highest BCUT2D eigenvalue weighted by Gasteiger charge is 2.21. The summed E-state index contributed by atoms with van der Waals surface area (Å²) in [5, 5.41) is 2.68. The van der Waals surface area contributed by atoms with E-state index < -0.39 is 28.0 Å². The summed E-state index contributed by atoms with van der Waals surface area (Å²) in [5.41, 5.74) is 4.08. The molecule has 0 saturated heterocycles. The summed E-state index contributed by atoms with van der Waals surface area (Å²) in [6.07, 6.45) is -1.03. The summed E-state index contributed by atoms with van der Waals surface area (Å²) < 4.78 is 33.3. The number of rotatable bonds is 7. The quantitative estimate of drug-likeness (QED) is 0.496. The summed E-state index contributed by atoms with van der Waals surface area (Å²) in [6, 6.07) is 17.9. The van der Waals surface area contributed by atoms with Crippen LogP contribution in [0.3, 0.4) is 0 Å². The maximum absolute atomic E-state index is 12.7. The van der Waals surface area contributed by atoms with E-state index in [0.29, 0.717) is 11.4 Å². The van der Waals surface area contributed by atoms with E-state index in [1.54, 1.807) is 24.3 Å². The first-order valence-electron chi connectivity index (χ1n) is 10.3. The Hall–Kier alpha value is -3.65. The number of hydrogen-bond donors (Lipinski definition) is 2. The molecule has 33 heavy (non-hydrogen) atoms. The molecular formula is C25H26N2O5S. The van der Waals surface area contributed by atoms with Crippen molar-refractivity contribution in [3.8, 4) is 0 Å². The van der Waals surface area contributed by atoms with E-state index in [-0.39, 0.29) is 10.5 Å². The Balaban J connectivity index is 1.64. The van der Waals surface area contributed by atoms with Gasteiger partial charge in [0, 0.05) is 5.69 Å². The van der Waals surface area contributed by atoms with Crippen LogP contribution in [0.15, 0.2) is 71.6 Å². The fourth-order valence-electron chi connectivity index (χ4n) is 3.00. The smallest absolute Gasteiger partial charge is 0.338 e. The van der Waals surface area contributed by atoms with Gasteiger partial charge in [0.25, 0.3) is 15.9 Å². The lowest BCUT2D eigenvalue weighted by Crippen LogP contribution is -2.30. The van der Waals surface area contributed by atoms with Crippen molar-refractivity contribution in [1.29, 1.82) is 0 Å². The Kier molecular flexibility index (Phi) is 7.18. The van der Waals surface area contributed by atoms with E-state index in [1.807, 2.05) is 39.0 Å². The number of ether oxygens (including phenoxy) is 1. The Morgan fingerprint density at radius 1 is 0.879 bits per heavy atom. The number of carbonyl (C=O) groups excluding carboxylic acids is 2. The van der Waals surface area contributed by atoms with Crippen LogP contribution in [-0.2, 0) is 19.6 Å². The van der Waals surface area contributed by atoms with Gasteiger partial charge in [-0.25, -0.2) is 13.2 Å². The van der Waals surface area contributed by atoms with E-state index in [9.17, 15) is 18.0 Å². The van der Waals surface area contributed by atoms with Crippen LogP contribution < -0.4 is 10.0 Å². The van der Waals surface area contributed by atoms with E-state index in [2.05, 4.69) is 10.0 Å². The second-order valence-electron chi connectivity index (χ2n) is 7.78. The van der Waals surface area contributed by atoms with E-state index in [1.165, 1.54) is 31.2 Å². The van der Waals surface area contributed by atoms with Gasteiger partial charge in [-0.05, 0) is 81.3 Å². The molecule has 3 rings (SSSR count). The molecule has 8 heteroatoms. The lowest BCUT2D eigenvalue weighted by Gasteiger charge is -2.14. The Morgan fingerprint density at radius 3 is 2.15 bits per heavy atom. The Morgan fingerprint density at radius 2 is 1.52 bits per heavy atom. The van der Waals surface area contributed by atoms with Gasteiger partial charge in [0.1, 0.15) is 0 Å². The van der Waals surface area contributed by atoms with Gasteiger partial charge in [0.2, 0.25) is 0 Å². The molecular weight excluding hydrogens is 440 g/mol. The van der Waals surface area contributed by atoms with Crippen LogP contribution in [0.5, 0.6) is 0 Å². The van der Waals surface area contributed by atoms with Crippen LogP contribution in [0.4, 0.5) is 11.4 Å². The number of hydrogen-bond acceptors (Lipinski definition) is 5. The predicted octanol–water partition coefficient (Wildman–Crippen LogP) is 4.60. The highest BCUT2D eigenvalue weighted by atomic mass is 32.2. The van der Waals surface area contributed by atoms with Gasteiger partial charge < -0.3 is 10.1 Å². The number of esters is 1. The summed E-state index contributed by atoms with van der Waals surface area (Å²) in [4.78, 5) is 24.7. The molecule has 0 aromatic heterocycles. The molecule has 0 saturated carbocycles. The van der Waals surface area contributed by atoms with Crippen LogP contribution in [-0.4, -0.2) is 26.4 Å². The molecule has 2 N–H and O–H groups in total. The van der Waals surface area contributed by atoms with Crippen LogP contribution >= 0.6 is 0 Å². The molecule has 0 aliphatic carbocycles. The van der Waals surface area contributed by atoms with Crippen molar-refractivity contribution in [2.24, 2.45) is 0 Å². The largest absolute Gasteiger partial charge is 0.449 e. The number of carbonyl (C=O) groups is 2. The number of sulfonamides is 1. The summed E-state index contributed by atoms with van der Waals surface area (Å²) in [7, 11) is -3.84. The first kappa shape index (κ1) is 24.0. The van der Waals surface area contributed by atoms with Gasteiger partial charge in [-0.3, -0.25) is 9.52 Å². The highest BCUT2D eigenvalue weighted by Crippen LogP contribution is 2.22. The van der Waals surface area contributed by atoms with E-state index in [4.69, 9.17) is 4.74 Å². The molecule has 7 nitrogen and oxygen atoms in total. The van der Waals surface area contributed by atoms with Crippen molar-refractivity contribution in [3.63, 3.8) is 0 Å². The molecule has 0 fully saturated rings. The van der Waals surface area contributed by atoms with Gasteiger partial charge >= 0.3 is 5.97 Å². The predicted molar refractivity (Wildman–Crippen MR) is 128 cm³/mol. The Bertz CT molecular complexity index is 1270. The molecule has 1 unspecified atom stereocenters. The average molecular weight is 467 g/mol. The third-order valence-corrected chi connectivity index (χ3v) is 6.60. The fraction of sp³-hybridized carbons (Fsp3) is 0.200. The molecule has 3 aromatic carbocycles. The van der Waals surface area contributed by atoms with Gasteiger partial charge in [-0.2, -0.15) is 0 Å². The molecule has 1 amide bonds. The lowest BCUT2D eigenvalue weighted by atomic mass is 10.1. The first-order valence-corrected chi connectivity index (χ1v) is 11.8. The third kappa shape index (κ3) is 5.98. The number of aryl methyl sites for hydroxylation is 2. The maximum Gasteiger partial charge on any atom is 0.338 e. The number of anilines is 2. The van der Waals surface area contributed by atoms with Crippen LogP contribution in [0.25, 0.3) is 0 Å². The zero-order valence-electron chi connectivity index (χ0n) is 18.9. The van der Waals surface area contributed by atoms with E-state index >= 15 is 0 Å². The van der Waals surface area contributed by atoms with Gasteiger partial charge in [0.15, 0.2) is 6.10 Å². The van der Waals surface area contributed by atoms with Gasteiger partial charge in [-0.15, -0.1) is 0 Å². The lowest BCUT2D eigenvalue weighted by molar-refractivity contribution is -0.123. The number of nitrogens with one attached hydrogen (secondary N) is 2. The summed E-state index contributed by atoms with van der Waals surface area (Å²) in [6.45, 7) is 7.14. The van der Waals surface area contributed by atoms with Crippen molar-refractivity contribution in [2.75, 3.05) is 10.0 Å². The third-order valence-electron chi connectivity index (χ3n) is 5.22. The molecule has 1 atom stereocenters. The second kappa shape index (κ2) is 9.87. The van der Waals surface area contributed by atoms with Gasteiger partial charge in [-0.1, -0.05) is 29.8 Å². The molecule has 0 heterocycles. The minimum atomic E-state index is -3.84. The van der Waals surface area contributed by atoms with Crippen molar-refractivity contribution in [2.45, 2.75) is 38.7 Å². The Labute approximate surface area is 193 Å². The fourth-order valence-corrected chi connectivity index (χ4v) is 4.12. The second-order valence-corrected chi connectivity index (χ2v) is 9.46. The topological polar surface area (TPSA) is 102 Å². The highest BCUT2D eigenvalue weighted by molar-refractivity contribution is 7.92. The van der Waals surface area contributed by atoms with Crippen LogP contribution in [0.2, 0.25) is 0 Å². The molecule has 0 aliphatic heterocycles. The molecule has 3 aromatic rings. The van der Waals surface area contributed by atoms with Crippen molar-refractivity contribution in [1.82, 2.24) is 0 Å². The van der Waals surface area contributed by atoms with E-state index in [0.717, 1.165) is 16.7 Å². The molecule has 0 aliphatic rings. The molecule has 0 spiro atoms. The summed E-state index contributed by atoms with van der Waals surface area (Å²) >= 11 is 0. The van der Waals surface area contributed by atoms with Crippen molar-refractivity contribution >= 4 is 33.3 Å². The van der Waals surface area contributed by atoms with Crippen LogP contribution in [0.1, 0.15) is 34.0 Å². The minimum absolute atomic E-state index is 0.00474. The standard InChI is InChI=1S/C25H26N2O5S/c1-16-8-12-21(13-9-16)26-24(28)19(4)32-25(29)20-10-14-22(15-11-20)33(30,31)27-23-7-5-6-17(2)18(23)3/h5-15,19,27H,1-4H3,(H,26,28). The zero-order valence-corrected chi connectivity index (χ0v) is 19.7. The SMILES string of the molecule is Cc1ccc(NC(=O)C(C)OC(=O)c2ccc(S(=O)(=O)Nc3cccc(C)c3C)cc2)cc1. The zero-order chi connectivity index (χ0) is 24.2.